The zero-order valence-corrected chi connectivity index (χ0v) is 12.4. The van der Waals surface area contributed by atoms with Crippen LogP contribution in [-0.4, -0.2) is 29.8 Å². The second-order valence-corrected chi connectivity index (χ2v) is 5.62. The number of aliphatic hydroxyl groups is 1. The number of ether oxygens (including phenoxy) is 1. The van der Waals surface area contributed by atoms with Gasteiger partial charge >= 0.3 is 5.97 Å². The van der Waals surface area contributed by atoms with Crippen molar-refractivity contribution in [2.45, 2.75) is 25.0 Å². The van der Waals surface area contributed by atoms with Crippen molar-refractivity contribution in [1.82, 2.24) is 0 Å². The SMILES string of the molecule is CC(O)[C@H](N)C(=O)OCC1c2ccccc2-c2ccccc21. The van der Waals surface area contributed by atoms with Gasteiger partial charge in [-0.15, -0.1) is 0 Å². The number of aliphatic hydroxyl groups excluding tert-OH is 1. The highest BCUT2D eigenvalue weighted by atomic mass is 16.5. The van der Waals surface area contributed by atoms with Gasteiger partial charge < -0.3 is 15.6 Å². The Balaban J connectivity index is 1.84. The highest BCUT2D eigenvalue weighted by Crippen LogP contribution is 2.44. The van der Waals surface area contributed by atoms with E-state index in [4.69, 9.17) is 10.5 Å². The minimum absolute atomic E-state index is 0.0116. The van der Waals surface area contributed by atoms with E-state index in [0.717, 1.165) is 11.1 Å². The summed E-state index contributed by atoms with van der Waals surface area (Å²) in [7, 11) is 0. The second kappa shape index (κ2) is 5.91. The molecule has 1 aliphatic carbocycles. The first-order valence-electron chi connectivity index (χ1n) is 7.38. The molecule has 0 saturated heterocycles. The van der Waals surface area contributed by atoms with Gasteiger partial charge in [0.1, 0.15) is 12.6 Å². The largest absolute Gasteiger partial charge is 0.463 e. The summed E-state index contributed by atoms with van der Waals surface area (Å²) in [5.41, 5.74) is 10.3. The van der Waals surface area contributed by atoms with Crippen molar-refractivity contribution < 1.29 is 14.6 Å². The Morgan fingerprint density at radius 2 is 1.64 bits per heavy atom. The van der Waals surface area contributed by atoms with E-state index in [1.807, 2.05) is 24.3 Å². The molecule has 2 atom stereocenters. The number of rotatable bonds is 4. The standard InChI is InChI=1S/C18H19NO3/c1-11(20)17(19)18(21)22-10-16-14-8-4-2-6-12(14)13-7-3-5-9-15(13)16/h2-9,11,16-17,20H,10,19H2,1H3/t11?,17-/m0/s1. The number of fused-ring (bicyclic) bond motifs is 3. The lowest BCUT2D eigenvalue weighted by molar-refractivity contribution is -0.147. The molecule has 0 saturated carbocycles. The summed E-state index contributed by atoms with van der Waals surface area (Å²) in [5.74, 6) is -0.561. The first-order valence-corrected chi connectivity index (χ1v) is 7.38. The smallest absolute Gasteiger partial charge is 0.325 e. The maximum absolute atomic E-state index is 11.9. The van der Waals surface area contributed by atoms with Crippen LogP contribution in [0.4, 0.5) is 0 Å². The zero-order valence-electron chi connectivity index (χ0n) is 12.4. The topological polar surface area (TPSA) is 72.5 Å². The fourth-order valence-corrected chi connectivity index (χ4v) is 2.90. The molecule has 4 nitrogen and oxygen atoms in total. The van der Waals surface area contributed by atoms with E-state index in [1.165, 1.54) is 18.1 Å². The van der Waals surface area contributed by atoms with Crippen LogP contribution in [0.5, 0.6) is 0 Å². The van der Waals surface area contributed by atoms with E-state index >= 15 is 0 Å². The number of hydrogen-bond donors (Lipinski definition) is 2. The quantitative estimate of drug-likeness (QED) is 0.847. The van der Waals surface area contributed by atoms with Crippen LogP contribution in [0.25, 0.3) is 11.1 Å². The van der Waals surface area contributed by atoms with Crippen LogP contribution in [-0.2, 0) is 9.53 Å². The van der Waals surface area contributed by atoms with Crippen LogP contribution < -0.4 is 5.73 Å². The van der Waals surface area contributed by atoms with Gasteiger partial charge in [0.15, 0.2) is 0 Å². The van der Waals surface area contributed by atoms with Crippen LogP contribution in [0.1, 0.15) is 24.0 Å². The third kappa shape index (κ3) is 2.51. The molecule has 0 heterocycles. The summed E-state index contributed by atoms with van der Waals surface area (Å²) in [6.45, 7) is 1.71. The molecule has 1 unspecified atom stereocenters. The van der Waals surface area contributed by atoms with Crippen molar-refractivity contribution in [2.75, 3.05) is 6.61 Å². The Labute approximate surface area is 129 Å². The van der Waals surface area contributed by atoms with Gasteiger partial charge in [-0.1, -0.05) is 48.5 Å². The Morgan fingerprint density at radius 1 is 1.14 bits per heavy atom. The van der Waals surface area contributed by atoms with Crippen molar-refractivity contribution in [2.24, 2.45) is 5.73 Å². The first-order chi connectivity index (χ1) is 10.6. The maximum atomic E-state index is 11.9. The summed E-state index contributed by atoms with van der Waals surface area (Å²) >= 11 is 0. The van der Waals surface area contributed by atoms with Gasteiger partial charge in [0, 0.05) is 5.92 Å². The lowest BCUT2D eigenvalue weighted by Gasteiger charge is -2.17. The minimum atomic E-state index is -1.01. The third-order valence-electron chi connectivity index (χ3n) is 4.15. The fraction of sp³-hybridized carbons (Fsp3) is 0.278. The molecule has 0 radical (unpaired) electrons. The molecule has 0 aromatic heterocycles. The Kier molecular flexibility index (Phi) is 3.96. The molecule has 114 valence electrons. The second-order valence-electron chi connectivity index (χ2n) is 5.62. The molecule has 3 N–H and O–H groups in total. The number of carbonyl (C=O) groups is 1. The molecular formula is C18H19NO3. The predicted molar refractivity (Wildman–Crippen MR) is 84.3 cm³/mol. The van der Waals surface area contributed by atoms with Gasteiger partial charge in [-0.05, 0) is 29.2 Å². The molecule has 0 aliphatic heterocycles. The van der Waals surface area contributed by atoms with Crippen molar-refractivity contribution in [3.05, 3.63) is 59.7 Å². The first kappa shape index (κ1) is 14.8. The molecule has 1 aliphatic rings. The number of carbonyl (C=O) groups excluding carboxylic acids is 1. The summed E-state index contributed by atoms with van der Waals surface area (Å²) in [6.07, 6.45) is -0.921. The molecular weight excluding hydrogens is 278 g/mol. The lowest BCUT2D eigenvalue weighted by atomic mass is 9.98. The molecule has 0 bridgehead atoms. The number of esters is 1. The van der Waals surface area contributed by atoms with Gasteiger partial charge in [-0.3, -0.25) is 4.79 Å². The molecule has 22 heavy (non-hydrogen) atoms. The van der Waals surface area contributed by atoms with Gasteiger partial charge in [0.2, 0.25) is 0 Å². The summed E-state index contributed by atoms with van der Waals surface area (Å²) in [4.78, 5) is 11.9. The van der Waals surface area contributed by atoms with E-state index in [-0.39, 0.29) is 12.5 Å². The lowest BCUT2D eigenvalue weighted by Crippen LogP contribution is -2.41. The zero-order chi connectivity index (χ0) is 15.7. The Hall–Kier alpha value is -2.17. The van der Waals surface area contributed by atoms with E-state index in [1.54, 1.807) is 0 Å². The van der Waals surface area contributed by atoms with Crippen molar-refractivity contribution in [1.29, 1.82) is 0 Å². The number of nitrogens with two attached hydrogens (primary N) is 1. The average molecular weight is 297 g/mol. The molecule has 4 heteroatoms. The van der Waals surface area contributed by atoms with Crippen LogP contribution in [0.2, 0.25) is 0 Å². The summed E-state index contributed by atoms with van der Waals surface area (Å²) < 4.78 is 5.34. The van der Waals surface area contributed by atoms with Crippen LogP contribution in [0.15, 0.2) is 48.5 Å². The normalized spacial score (nSPS) is 15.8. The highest BCUT2D eigenvalue weighted by Gasteiger charge is 2.30. The van der Waals surface area contributed by atoms with Gasteiger partial charge in [-0.25, -0.2) is 0 Å². The van der Waals surface area contributed by atoms with E-state index in [0.29, 0.717) is 0 Å². The minimum Gasteiger partial charge on any atom is -0.463 e. The molecule has 0 spiro atoms. The van der Waals surface area contributed by atoms with E-state index in [9.17, 15) is 9.90 Å². The Morgan fingerprint density at radius 3 is 2.14 bits per heavy atom. The van der Waals surface area contributed by atoms with Crippen molar-refractivity contribution >= 4 is 5.97 Å². The number of hydrogen-bond acceptors (Lipinski definition) is 4. The average Bonchev–Trinajstić information content (AvgIpc) is 2.86. The van der Waals surface area contributed by atoms with Gasteiger partial charge in [0.25, 0.3) is 0 Å². The number of benzene rings is 2. The highest BCUT2D eigenvalue weighted by molar-refractivity contribution is 5.79. The van der Waals surface area contributed by atoms with Crippen molar-refractivity contribution in [3.63, 3.8) is 0 Å². The molecule has 3 rings (SSSR count). The maximum Gasteiger partial charge on any atom is 0.325 e. The van der Waals surface area contributed by atoms with Crippen LogP contribution in [0.3, 0.4) is 0 Å². The van der Waals surface area contributed by atoms with Crippen molar-refractivity contribution in [3.8, 4) is 11.1 Å². The molecule has 0 fully saturated rings. The monoisotopic (exact) mass is 297 g/mol. The van der Waals surface area contributed by atoms with Crippen LogP contribution in [0, 0.1) is 0 Å². The van der Waals surface area contributed by atoms with Gasteiger partial charge in [-0.2, -0.15) is 0 Å². The Bertz CT molecular complexity index is 651. The van der Waals surface area contributed by atoms with Gasteiger partial charge in [0.05, 0.1) is 6.10 Å². The third-order valence-corrected chi connectivity index (χ3v) is 4.15. The summed E-state index contributed by atoms with van der Waals surface area (Å²) in [6, 6.07) is 15.3. The summed E-state index contributed by atoms with van der Waals surface area (Å²) in [5, 5.41) is 9.37. The predicted octanol–water partition coefficient (Wildman–Crippen LogP) is 2.05. The fourth-order valence-electron chi connectivity index (χ4n) is 2.90. The molecule has 0 amide bonds. The van der Waals surface area contributed by atoms with Crippen LogP contribution >= 0.6 is 0 Å². The van der Waals surface area contributed by atoms with E-state index in [2.05, 4.69) is 24.3 Å². The molecule has 2 aromatic rings. The van der Waals surface area contributed by atoms with E-state index < -0.39 is 18.1 Å². The molecule has 2 aromatic carbocycles.